The van der Waals surface area contributed by atoms with Gasteiger partial charge in [0.2, 0.25) is 0 Å². The maximum Gasteiger partial charge on any atom is 0.263 e. The molecule has 0 aliphatic heterocycles. The third-order valence-electron chi connectivity index (χ3n) is 4.53. The molecule has 0 fully saturated rings. The maximum atomic E-state index is 12.3. The zero-order valence-electron chi connectivity index (χ0n) is 16.1. The zero-order valence-corrected chi connectivity index (χ0v) is 16.9. The van der Waals surface area contributed by atoms with Crippen molar-refractivity contribution < 1.29 is 4.79 Å². The van der Waals surface area contributed by atoms with E-state index in [-0.39, 0.29) is 5.91 Å². The molecule has 2 aromatic heterocycles. The van der Waals surface area contributed by atoms with Crippen LogP contribution in [0.4, 0.5) is 0 Å². The lowest BCUT2D eigenvalue weighted by Gasteiger charge is -2.08. The first kappa shape index (κ1) is 18.2. The highest BCUT2D eigenvalue weighted by Gasteiger charge is 2.17. The molecule has 0 aliphatic rings. The van der Waals surface area contributed by atoms with Crippen LogP contribution in [0.5, 0.6) is 0 Å². The van der Waals surface area contributed by atoms with Crippen LogP contribution in [-0.2, 0) is 0 Å². The minimum absolute atomic E-state index is 0.0148. The second kappa shape index (κ2) is 7.44. The van der Waals surface area contributed by atoms with E-state index in [1.54, 1.807) is 19.0 Å². The average molecular weight is 388 g/mol. The van der Waals surface area contributed by atoms with E-state index in [4.69, 9.17) is 5.10 Å². The standard InChI is InChI=1S/C23H21N3OS/c1-16-9-11-18(12-10-16)26-20(15-19(24-26)17-7-5-4-6-8-17)21-13-14-22(28-21)23(27)25(2)3/h4-15H,1-3H3. The van der Waals surface area contributed by atoms with Gasteiger partial charge in [-0.2, -0.15) is 5.10 Å². The van der Waals surface area contributed by atoms with Gasteiger partial charge in [-0.25, -0.2) is 4.68 Å². The van der Waals surface area contributed by atoms with Crippen LogP contribution in [-0.4, -0.2) is 34.7 Å². The molecule has 2 aromatic carbocycles. The van der Waals surface area contributed by atoms with Gasteiger partial charge in [0.1, 0.15) is 0 Å². The smallest absolute Gasteiger partial charge is 0.263 e. The molecule has 1 amide bonds. The molecular weight excluding hydrogens is 366 g/mol. The van der Waals surface area contributed by atoms with Crippen LogP contribution >= 0.6 is 11.3 Å². The van der Waals surface area contributed by atoms with E-state index in [0.29, 0.717) is 0 Å². The zero-order chi connectivity index (χ0) is 19.7. The summed E-state index contributed by atoms with van der Waals surface area (Å²) in [5.41, 5.74) is 5.15. The first-order chi connectivity index (χ1) is 13.5. The van der Waals surface area contributed by atoms with Crippen molar-refractivity contribution in [2.24, 2.45) is 0 Å². The van der Waals surface area contributed by atoms with Crippen LogP contribution in [0.25, 0.3) is 27.5 Å². The first-order valence-corrected chi connectivity index (χ1v) is 9.89. The Morgan fingerprint density at radius 2 is 1.68 bits per heavy atom. The van der Waals surface area contributed by atoms with Crippen LogP contribution in [0.1, 0.15) is 15.2 Å². The summed E-state index contributed by atoms with van der Waals surface area (Å²) in [6.07, 6.45) is 0. The molecule has 28 heavy (non-hydrogen) atoms. The number of aryl methyl sites for hydroxylation is 1. The fraction of sp³-hybridized carbons (Fsp3) is 0.130. The van der Waals surface area contributed by atoms with Crippen LogP contribution < -0.4 is 0 Å². The van der Waals surface area contributed by atoms with Crippen LogP contribution in [0, 0.1) is 6.92 Å². The van der Waals surface area contributed by atoms with Crippen molar-refractivity contribution in [1.29, 1.82) is 0 Å². The Balaban J connectivity index is 1.84. The Hall–Kier alpha value is -3.18. The van der Waals surface area contributed by atoms with Gasteiger partial charge >= 0.3 is 0 Å². The van der Waals surface area contributed by atoms with E-state index in [9.17, 15) is 4.79 Å². The van der Waals surface area contributed by atoms with E-state index in [2.05, 4.69) is 49.4 Å². The van der Waals surface area contributed by atoms with Crippen molar-refractivity contribution in [2.45, 2.75) is 6.92 Å². The largest absolute Gasteiger partial charge is 0.344 e. The molecule has 0 saturated heterocycles. The minimum Gasteiger partial charge on any atom is -0.344 e. The first-order valence-electron chi connectivity index (χ1n) is 9.07. The van der Waals surface area contributed by atoms with Gasteiger partial charge in [0.25, 0.3) is 5.91 Å². The Bertz CT molecular complexity index is 1110. The fourth-order valence-electron chi connectivity index (χ4n) is 3.00. The summed E-state index contributed by atoms with van der Waals surface area (Å²) < 4.78 is 1.96. The fourth-order valence-corrected chi connectivity index (χ4v) is 4.03. The molecule has 4 nitrogen and oxygen atoms in total. The number of nitrogens with zero attached hydrogens (tertiary/aromatic N) is 3. The van der Waals surface area contributed by atoms with Crippen molar-refractivity contribution >= 4 is 17.2 Å². The highest BCUT2D eigenvalue weighted by molar-refractivity contribution is 7.17. The number of thiophene rings is 1. The summed E-state index contributed by atoms with van der Waals surface area (Å²) in [4.78, 5) is 15.7. The van der Waals surface area contributed by atoms with Crippen molar-refractivity contribution in [2.75, 3.05) is 14.1 Å². The molecule has 0 spiro atoms. The average Bonchev–Trinajstić information content (AvgIpc) is 3.36. The number of aromatic nitrogens is 2. The number of carbonyl (C=O) groups is 1. The third-order valence-corrected chi connectivity index (χ3v) is 5.63. The molecule has 4 rings (SSSR count). The number of hydrogen-bond donors (Lipinski definition) is 0. The topological polar surface area (TPSA) is 38.1 Å². The van der Waals surface area contributed by atoms with E-state index in [0.717, 1.165) is 32.4 Å². The van der Waals surface area contributed by atoms with E-state index in [1.807, 2.05) is 35.0 Å². The molecule has 0 unspecified atom stereocenters. The number of benzene rings is 2. The van der Waals surface area contributed by atoms with Crippen molar-refractivity contribution in [3.63, 3.8) is 0 Å². The summed E-state index contributed by atoms with van der Waals surface area (Å²) in [7, 11) is 3.54. The molecule has 2 heterocycles. The van der Waals surface area contributed by atoms with Gasteiger partial charge in [0.05, 0.1) is 26.8 Å². The molecule has 5 heteroatoms. The van der Waals surface area contributed by atoms with Crippen molar-refractivity contribution in [1.82, 2.24) is 14.7 Å². The SMILES string of the molecule is Cc1ccc(-n2nc(-c3ccccc3)cc2-c2ccc(C(=O)N(C)C)s2)cc1. The minimum atomic E-state index is 0.0148. The predicted octanol–water partition coefficient (Wildman–Crippen LogP) is 5.28. The molecule has 0 saturated carbocycles. The second-order valence-corrected chi connectivity index (χ2v) is 7.98. The van der Waals surface area contributed by atoms with Gasteiger partial charge < -0.3 is 4.90 Å². The molecule has 0 radical (unpaired) electrons. The van der Waals surface area contributed by atoms with Crippen LogP contribution in [0.3, 0.4) is 0 Å². The van der Waals surface area contributed by atoms with Gasteiger partial charge in [0.15, 0.2) is 0 Å². The number of amides is 1. The Morgan fingerprint density at radius 1 is 0.964 bits per heavy atom. The monoisotopic (exact) mass is 387 g/mol. The predicted molar refractivity (Wildman–Crippen MR) is 115 cm³/mol. The van der Waals surface area contributed by atoms with E-state index in [1.165, 1.54) is 16.9 Å². The molecular formula is C23H21N3OS. The molecule has 0 aliphatic carbocycles. The quantitative estimate of drug-likeness (QED) is 0.478. The summed E-state index contributed by atoms with van der Waals surface area (Å²) >= 11 is 1.49. The lowest BCUT2D eigenvalue weighted by atomic mass is 10.1. The number of rotatable bonds is 4. The van der Waals surface area contributed by atoms with Crippen LogP contribution in [0.2, 0.25) is 0 Å². The molecule has 0 N–H and O–H groups in total. The number of carbonyl (C=O) groups excluding carboxylic acids is 1. The van der Waals surface area contributed by atoms with Crippen LogP contribution in [0.15, 0.2) is 72.8 Å². The summed E-state index contributed by atoms with van der Waals surface area (Å²) in [5, 5.41) is 4.87. The van der Waals surface area contributed by atoms with Gasteiger partial charge in [-0.05, 0) is 37.3 Å². The lowest BCUT2D eigenvalue weighted by Crippen LogP contribution is -2.20. The molecule has 0 atom stereocenters. The van der Waals surface area contributed by atoms with Gasteiger partial charge in [0, 0.05) is 19.7 Å². The van der Waals surface area contributed by atoms with Crippen molar-refractivity contribution in [3.8, 4) is 27.5 Å². The highest BCUT2D eigenvalue weighted by Crippen LogP contribution is 2.33. The Morgan fingerprint density at radius 3 is 2.36 bits per heavy atom. The van der Waals surface area contributed by atoms with E-state index < -0.39 is 0 Å². The molecule has 4 aromatic rings. The highest BCUT2D eigenvalue weighted by atomic mass is 32.1. The Labute approximate surface area is 168 Å². The summed E-state index contributed by atoms with van der Waals surface area (Å²) in [6.45, 7) is 2.07. The van der Waals surface area contributed by atoms with Gasteiger partial charge in [-0.3, -0.25) is 4.79 Å². The van der Waals surface area contributed by atoms with E-state index >= 15 is 0 Å². The second-order valence-electron chi connectivity index (χ2n) is 6.89. The summed E-state index contributed by atoms with van der Waals surface area (Å²) in [5.74, 6) is 0.0148. The Kier molecular flexibility index (Phi) is 4.84. The number of hydrogen-bond acceptors (Lipinski definition) is 3. The summed E-state index contributed by atoms with van der Waals surface area (Å²) in [6, 6.07) is 24.4. The van der Waals surface area contributed by atoms with Crippen molar-refractivity contribution in [3.05, 3.63) is 83.2 Å². The maximum absolute atomic E-state index is 12.3. The lowest BCUT2D eigenvalue weighted by molar-refractivity contribution is 0.0832. The van der Waals surface area contributed by atoms with Gasteiger partial charge in [-0.1, -0.05) is 48.0 Å². The van der Waals surface area contributed by atoms with Gasteiger partial charge in [-0.15, -0.1) is 11.3 Å². The molecule has 140 valence electrons. The molecule has 0 bridgehead atoms. The third kappa shape index (κ3) is 3.49. The normalized spacial score (nSPS) is 10.8.